The van der Waals surface area contributed by atoms with Gasteiger partial charge in [0.1, 0.15) is 0 Å². The van der Waals surface area contributed by atoms with Crippen LogP contribution in [0.25, 0.3) is 0 Å². The Morgan fingerprint density at radius 3 is 1.80 bits per heavy atom. The predicted molar refractivity (Wildman–Crippen MR) is 27.3 cm³/mol. The summed E-state index contributed by atoms with van der Waals surface area (Å²) in [4.78, 5) is 0. The van der Waals surface area contributed by atoms with E-state index in [1.54, 1.807) is 46.5 Å². The molecule has 0 spiro atoms. The number of hydrogen-bond acceptors (Lipinski definition) is 0. The van der Waals surface area contributed by atoms with Crippen LogP contribution < -0.4 is 0.0314 Å². The Kier molecular flexibility index (Phi) is 2.88. The molecule has 0 aromatic heterocycles. The number of rotatable bonds is 0. The molecule has 0 aliphatic carbocycles. The molecule has 0 unspecified atom stereocenters. The second-order valence-electron chi connectivity index (χ2n) is 1.68. The van der Waals surface area contributed by atoms with E-state index in [2.05, 4.69) is 0 Å². The van der Waals surface area contributed by atoms with Crippen LogP contribution in [0.1, 0.15) is 0 Å². The van der Waals surface area contributed by atoms with E-state index in [9.17, 15) is 13.2 Å². The zero-order valence-corrected chi connectivity index (χ0v) is 6.82. The van der Waals surface area contributed by atoms with E-state index >= 15 is 0 Å². The first kappa shape index (κ1) is 8.68. The Balaban J connectivity index is 3.31. The minimum atomic E-state index is -1.42. The molecule has 0 aliphatic heterocycles. The summed E-state index contributed by atoms with van der Waals surface area (Å²) in [5, 5.41) is 0. The van der Waals surface area contributed by atoms with Crippen LogP contribution in [0.5, 0.6) is 0 Å². The Labute approximate surface area is 88.1 Å². The van der Waals surface area contributed by atoms with Crippen molar-refractivity contribution in [1.82, 2.24) is 0 Å². The quantitative estimate of drug-likeness (QED) is 0.613. The molecule has 0 saturated carbocycles. The fraction of sp³-hybridized carbons (Fsp3) is 0. The van der Waals surface area contributed by atoms with Crippen molar-refractivity contribution in [1.29, 1.82) is 0 Å². The molecule has 0 heterocycles. The Morgan fingerprint density at radius 2 is 1.40 bits per heavy atom. The zero-order valence-electron chi connectivity index (χ0n) is 4.67. The maximum atomic E-state index is 12.2. The molecular weight excluding hydrogens is 260 g/mol. The van der Waals surface area contributed by atoms with E-state index in [4.69, 9.17) is 0 Å². The van der Waals surface area contributed by atoms with Crippen LogP contribution in [0, 0.1) is 64.0 Å². The standard InChI is InChI=1S/C6H3F3Xe/c7-4-1-3(10)2-5(8)6(4)9/h1-2,10H. The van der Waals surface area contributed by atoms with Crippen LogP contribution in [0.3, 0.4) is 0 Å². The number of benzene rings is 1. The zero-order chi connectivity index (χ0) is 7.72. The van der Waals surface area contributed by atoms with Gasteiger partial charge in [0, 0.05) is 0 Å². The summed E-state index contributed by atoms with van der Waals surface area (Å²) in [5.41, 5.74) is 0. The van der Waals surface area contributed by atoms with Crippen molar-refractivity contribution in [2.24, 2.45) is 0 Å². The van der Waals surface area contributed by atoms with Crippen LogP contribution in [-0.4, -0.2) is 0 Å². The van der Waals surface area contributed by atoms with Gasteiger partial charge in [-0.15, -0.1) is 0 Å². The molecule has 0 nitrogen and oxygen atoms in total. The van der Waals surface area contributed by atoms with Gasteiger partial charge in [0.05, 0.1) is 0 Å². The van der Waals surface area contributed by atoms with Crippen molar-refractivity contribution >= 4 is 0.0314 Å². The molecule has 1 rings (SSSR count). The molecule has 0 fully saturated rings. The van der Waals surface area contributed by atoms with Gasteiger partial charge in [-0.25, -0.2) is 0 Å². The van der Waals surface area contributed by atoms with Crippen LogP contribution in [0.15, 0.2) is 12.1 Å². The second-order valence-corrected chi connectivity index (χ2v) is 2.93. The van der Waals surface area contributed by atoms with E-state index in [1.807, 2.05) is 0 Å². The summed E-state index contributed by atoms with van der Waals surface area (Å²) in [6.07, 6.45) is 0. The number of hydrogen-bond donors (Lipinski definition) is 0. The summed E-state index contributed by atoms with van der Waals surface area (Å²) >= 11 is 1.70. The third-order valence-corrected chi connectivity index (χ3v) is 1.57. The van der Waals surface area contributed by atoms with E-state index < -0.39 is 17.5 Å². The summed E-state index contributed by atoms with van der Waals surface area (Å²) in [5.74, 6) is -3.71. The average molecular weight is 263 g/mol. The first-order valence-corrected chi connectivity index (χ1v) is 3.49. The van der Waals surface area contributed by atoms with Gasteiger partial charge in [-0.3, -0.25) is 0 Å². The average Bonchev–Trinajstić information content (AvgIpc) is 1.82. The summed E-state index contributed by atoms with van der Waals surface area (Å²) in [6, 6.07) is 1.86. The van der Waals surface area contributed by atoms with Crippen molar-refractivity contribution < 1.29 is 59.7 Å². The first-order chi connectivity index (χ1) is 4.61. The van der Waals surface area contributed by atoms with Crippen molar-refractivity contribution in [3.63, 3.8) is 0 Å². The molecule has 0 atom stereocenters. The molecule has 1 aromatic carbocycles. The molecule has 0 saturated heterocycles. The van der Waals surface area contributed by atoms with Gasteiger partial charge in [-0.2, -0.15) is 0 Å². The van der Waals surface area contributed by atoms with Crippen LogP contribution in [0.4, 0.5) is 13.2 Å². The van der Waals surface area contributed by atoms with Gasteiger partial charge >= 0.3 is 89.3 Å². The molecule has 10 heavy (non-hydrogen) atoms. The van der Waals surface area contributed by atoms with Gasteiger partial charge in [0.15, 0.2) is 0 Å². The summed E-state index contributed by atoms with van der Waals surface area (Å²) in [6.45, 7) is 0. The number of halogens is 3. The molecule has 0 bridgehead atoms. The molecule has 0 N–H and O–H groups in total. The Morgan fingerprint density at radius 1 is 1.00 bits per heavy atom. The van der Waals surface area contributed by atoms with Crippen molar-refractivity contribution in [3.05, 3.63) is 29.6 Å². The fourth-order valence-electron chi connectivity index (χ4n) is 0.525. The first-order valence-electron chi connectivity index (χ1n) is 2.41. The molecular formula is C6H3F3Xe. The van der Waals surface area contributed by atoms with Crippen LogP contribution in [-0.2, 0) is 0 Å². The van der Waals surface area contributed by atoms with E-state index in [1.165, 1.54) is 0 Å². The third kappa shape index (κ3) is 1.79. The van der Waals surface area contributed by atoms with Crippen molar-refractivity contribution in [2.45, 2.75) is 0 Å². The predicted octanol–water partition coefficient (Wildman–Crippen LogP) is 1.01. The topological polar surface area (TPSA) is 0 Å². The van der Waals surface area contributed by atoms with E-state index in [0.717, 1.165) is 12.1 Å². The second kappa shape index (κ2) is 3.32. The van der Waals surface area contributed by atoms with Crippen LogP contribution in [0.2, 0.25) is 0 Å². The Bertz CT molecular complexity index is 236. The molecule has 4 heteroatoms. The third-order valence-electron chi connectivity index (χ3n) is 0.949. The minimum absolute atomic E-state index is 0.342. The van der Waals surface area contributed by atoms with E-state index in [0.29, 0.717) is 0.0314 Å². The SMILES string of the molecule is Fc1cc([XeH])cc(F)c1F. The molecule has 56 valence electrons. The van der Waals surface area contributed by atoms with Crippen LogP contribution >= 0.6 is 0 Å². The monoisotopic (exact) mass is 264 g/mol. The van der Waals surface area contributed by atoms with Gasteiger partial charge in [-0.1, -0.05) is 0 Å². The van der Waals surface area contributed by atoms with Gasteiger partial charge in [0.25, 0.3) is 0 Å². The van der Waals surface area contributed by atoms with Crippen molar-refractivity contribution in [2.75, 3.05) is 0 Å². The molecule has 0 radical (unpaired) electrons. The molecule has 0 amide bonds. The van der Waals surface area contributed by atoms with Crippen molar-refractivity contribution in [3.8, 4) is 0 Å². The van der Waals surface area contributed by atoms with Gasteiger partial charge < -0.3 is 0 Å². The normalized spacial score (nSPS) is 10.1. The summed E-state index contributed by atoms with van der Waals surface area (Å²) < 4.78 is 36.9. The maximum absolute atomic E-state index is 12.2. The van der Waals surface area contributed by atoms with E-state index in [-0.39, 0.29) is 0 Å². The van der Waals surface area contributed by atoms with Gasteiger partial charge in [-0.05, 0) is 0 Å². The Hall–Kier alpha value is 0.581. The molecule has 0 aliphatic rings. The molecule has 1 aromatic rings. The van der Waals surface area contributed by atoms with Gasteiger partial charge in [0.2, 0.25) is 0 Å². The summed E-state index contributed by atoms with van der Waals surface area (Å²) in [7, 11) is 0. The fourth-order valence-corrected chi connectivity index (χ4v) is 1.07.